The molecule has 0 amide bonds. The first kappa shape index (κ1) is 78.0. The van der Waals surface area contributed by atoms with Crippen LogP contribution in [0.2, 0.25) is 0 Å². The molecule has 0 saturated carbocycles. The zero-order chi connectivity index (χ0) is 56.4. The van der Waals surface area contributed by atoms with E-state index in [-0.39, 0.29) is 0 Å². The van der Waals surface area contributed by atoms with E-state index >= 15 is 0 Å². The second kappa shape index (κ2) is 67.8. The molecule has 0 heteroatoms. The van der Waals surface area contributed by atoms with E-state index in [1.807, 2.05) is 0 Å². The highest BCUT2D eigenvalue weighted by Gasteiger charge is 2.43. The minimum Gasteiger partial charge on any atom is -0.0654 e. The van der Waals surface area contributed by atoms with Crippen molar-refractivity contribution < 1.29 is 0 Å². The Balaban J connectivity index is 6.69. The van der Waals surface area contributed by atoms with Crippen molar-refractivity contribution >= 4 is 0 Å². The van der Waals surface area contributed by atoms with Gasteiger partial charge in [-0.15, -0.1) is 0 Å². The van der Waals surface area contributed by atoms with Gasteiger partial charge >= 0.3 is 0 Å². The Morgan fingerprint density at radius 2 is 0.333 bits per heavy atom. The SMILES string of the molecule is CCCCCCCCCCCCCCCC(CCCCCCCCCCCC)C(CCCCCCCCCCCC)(CCCCCCCCCCCC)[C](CCCCCCCCCCCC)CCCCCCCCCCCC. The summed E-state index contributed by atoms with van der Waals surface area (Å²) in [6, 6.07) is 0. The molecule has 0 heterocycles. The molecule has 0 N–H and O–H groups in total. The maximum Gasteiger partial charge on any atom is -0.0176 e. The minimum absolute atomic E-state index is 0.495. The summed E-state index contributed by atoms with van der Waals surface area (Å²) in [5, 5.41) is 0. The highest BCUT2D eigenvalue weighted by atomic mass is 14.5. The van der Waals surface area contributed by atoms with Crippen LogP contribution in [0.15, 0.2) is 0 Å². The molecule has 469 valence electrons. The predicted molar refractivity (Wildman–Crippen MR) is 362 cm³/mol. The Bertz CT molecular complexity index is 977. The van der Waals surface area contributed by atoms with E-state index in [2.05, 4.69) is 47.5 Å². The van der Waals surface area contributed by atoms with Crippen molar-refractivity contribution in [2.45, 2.75) is 485 Å². The normalized spacial score (nSPS) is 12.5. The average molecular weight is 1100 g/mol. The largest absolute Gasteiger partial charge is 0.0654 e. The molecule has 0 aliphatic heterocycles. The van der Waals surface area contributed by atoms with E-state index in [0.29, 0.717) is 5.41 Å². The molecule has 0 fully saturated rings. The summed E-state index contributed by atoms with van der Waals surface area (Å²) in [4.78, 5) is 0. The van der Waals surface area contributed by atoms with Crippen molar-refractivity contribution in [3.63, 3.8) is 0 Å². The Hall–Kier alpha value is 0. The molecular formula is C78H157. The summed E-state index contributed by atoms with van der Waals surface area (Å²) in [6.07, 6.45) is 102. The van der Waals surface area contributed by atoms with E-state index in [1.165, 1.54) is 417 Å². The van der Waals surface area contributed by atoms with Crippen molar-refractivity contribution in [3.05, 3.63) is 5.92 Å². The van der Waals surface area contributed by atoms with Gasteiger partial charge in [-0.1, -0.05) is 446 Å². The van der Waals surface area contributed by atoms with Crippen molar-refractivity contribution in [3.8, 4) is 0 Å². The van der Waals surface area contributed by atoms with Crippen molar-refractivity contribution in [1.29, 1.82) is 0 Å². The Labute approximate surface area is 499 Å². The smallest absolute Gasteiger partial charge is 0.0176 e. The van der Waals surface area contributed by atoms with Gasteiger partial charge in [0.2, 0.25) is 0 Å². The van der Waals surface area contributed by atoms with E-state index in [0.717, 1.165) is 5.92 Å². The summed E-state index contributed by atoms with van der Waals surface area (Å²) in [5.41, 5.74) is 0.495. The molecule has 0 aromatic rings. The summed E-state index contributed by atoms with van der Waals surface area (Å²) in [5.74, 6) is 3.10. The van der Waals surface area contributed by atoms with Gasteiger partial charge in [0.15, 0.2) is 0 Å². The van der Waals surface area contributed by atoms with Gasteiger partial charge in [-0.05, 0) is 55.8 Å². The van der Waals surface area contributed by atoms with Gasteiger partial charge in [-0.2, -0.15) is 0 Å². The third kappa shape index (κ3) is 54.0. The standard InChI is InChI=1S/C78H157/c1-7-13-19-25-31-37-43-44-45-49-55-61-67-73-77(72-66-60-54-48-40-34-28-22-16-10-4)78(74-68-62-56-50-41-35-29-23-17-11-5,75-69-63-57-51-42-36-30-24-18-12-6)76(70-64-58-52-46-38-32-26-20-14-8-2)71-65-59-53-47-39-33-27-21-15-9-3/h77H,7-75H2,1-6H3. The fraction of sp³-hybridized carbons (Fsp3) is 0.987. The Morgan fingerprint density at radius 1 is 0.179 bits per heavy atom. The van der Waals surface area contributed by atoms with Gasteiger partial charge in [0, 0.05) is 0 Å². The summed E-state index contributed by atoms with van der Waals surface area (Å²) < 4.78 is 0. The lowest BCUT2D eigenvalue weighted by Gasteiger charge is -2.48. The third-order valence-corrected chi connectivity index (χ3v) is 19.7. The Morgan fingerprint density at radius 3 is 0.526 bits per heavy atom. The van der Waals surface area contributed by atoms with Crippen LogP contribution in [-0.2, 0) is 0 Å². The number of rotatable bonds is 71. The molecule has 1 radical (unpaired) electrons. The summed E-state index contributed by atoms with van der Waals surface area (Å²) in [6.45, 7) is 14.2. The van der Waals surface area contributed by atoms with E-state index < -0.39 is 0 Å². The molecule has 0 aliphatic rings. The van der Waals surface area contributed by atoms with Crippen LogP contribution in [0, 0.1) is 17.3 Å². The number of hydrogen-bond donors (Lipinski definition) is 0. The maximum atomic E-state index is 2.37. The topological polar surface area (TPSA) is 0 Å². The summed E-state index contributed by atoms with van der Waals surface area (Å²) in [7, 11) is 0. The van der Waals surface area contributed by atoms with Crippen LogP contribution < -0.4 is 0 Å². The highest BCUT2D eigenvalue weighted by molar-refractivity contribution is 5.10. The lowest BCUT2D eigenvalue weighted by molar-refractivity contribution is 0.0976. The fourth-order valence-corrected chi connectivity index (χ4v) is 14.3. The third-order valence-electron chi connectivity index (χ3n) is 19.7. The van der Waals surface area contributed by atoms with Crippen LogP contribution in [0.5, 0.6) is 0 Å². The van der Waals surface area contributed by atoms with Gasteiger partial charge in [-0.3, -0.25) is 0 Å². The van der Waals surface area contributed by atoms with Crippen LogP contribution in [0.4, 0.5) is 0 Å². The van der Waals surface area contributed by atoms with Gasteiger partial charge in [0.1, 0.15) is 0 Å². The van der Waals surface area contributed by atoms with E-state index in [9.17, 15) is 0 Å². The second-order valence-electron chi connectivity index (χ2n) is 27.2. The van der Waals surface area contributed by atoms with Crippen LogP contribution in [0.3, 0.4) is 0 Å². The Kier molecular flexibility index (Phi) is 67.8. The van der Waals surface area contributed by atoms with Crippen molar-refractivity contribution in [2.75, 3.05) is 0 Å². The van der Waals surface area contributed by atoms with Gasteiger partial charge in [-0.25, -0.2) is 0 Å². The van der Waals surface area contributed by atoms with E-state index in [4.69, 9.17) is 0 Å². The zero-order valence-electron chi connectivity index (χ0n) is 56.4. The molecule has 0 spiro atoms. The van der Waals surface area contributed by atoms with Crippen LogP contribution in [0.25, 0.3) is 0 Å². The molecule has 1 unspecified atom stereocenters. The van der Waals surface area contributed by atoms with Crippen LogP contribution >= 0.6 is 0 Å². The molecular weight excluding hydrogens is 937 g/mol. The molecule has 0 saturated heterocycles. The maximum absolute atomic E-state index is 2.37. The first-order valence-corrected chi connectivity index (χ1v) is 38.5. The molecule has 0 nitrogen and oxygen atoms in total. The molecule has 0 bridgehead atoms. The van der Waals surface area contributed by atoms with Crippen molar-refractivity contribution in [1.82, 2.24) is 0 Å². The average Bonchev–Trinajstić information content (AvgIpc) is 3.49. The first-order chi connectivity index (χ1) is 38.7. The molecule has 0 aliphatic carbocycles. The summed E-state index contributed by atoms with van der Waals surface area (Å²) >= 11 is 0. The second-order valence-corrected chi connectivity index (χ2v) is 27.2. The van der Waals surface area contributed by atoms with Gasteiger partial charge in [0.05, 0.1) is 0 Å². The first-order valence-electron chi connectivity index (χ1n) is 38.5. The number of hydrogen-bond acceptors (Lipinski definition) is 0. The van der Waals surface area contributed by atoms with Gasteiger partial charge < -0.3 is 0 Å². The molecule has 78 heavy (non-hydrogen) atoms. The minimum atomic E-state index is 0.495. The monoisotopic (exact) mass is 1090 g/mol. The van der Waals surface area contributed by atoms with E-state index in [1.54, 1.807) is 25.7 Å². The highest BCUT2D eigenvalue weighted by Crippen LogP contribution is 2.54. The molecule has 0 aromatic carbocycles. The number of unbranched alkanes of at least 4 members (excludes halogenated alkanes) is 57. The molecule has 0 aromatic heterocycles. The predicted octanol–water partition coefficient (Wildman–Crippen LogP) is 30.2. The lowest BCUT2D eigenvalue weighted by Crippen LogP contribution is -2.38. The quantitative estimate of drug-likeness (QED) is 0.0533. The fourth-order valence-electron chi connectivity index (χ4n) is 14.3. The van der Waals surface area contributed by atoms with Crippen LogP contribution in [0.1, 0.15) is 485 Å². The molecule has 0 rings (SSSR count). The van der Waals surface area contributed by atoms with Gasteiger partial charge in [0.25, 0.3) is 0 Å². The zero-order valence-corrected chi connectivity index (χ0v) is 56.4. The van der Waals surface area contributed by atoms with Crippen molar-refractivity contribution in [2.24, 2.45) is 11.3 Å². The molecule has 1 atom stereocenters. The lowest BCUT2D eigenvalue weighted by atomic mass is 9.56. The van der Waals surface area contributed by atoms with Crippen LogP contribution in [-0.4, -0.2) is 0 Å².